The lowest BCUT2D eigenvalue weighted by atomic mass is 10.2. The maximum atomic E-state index is 12.9. The highest BCUT2D eigenvalue weighted by Gasteiger charge is 2.05. The van der Waals surface area contributed by atoms with Crippen molar-refractivity contribution in [3.8, 4) is 5.75 Å². The lowest BCUT2D eigenvalue weighted by molar-refractivity contribution is 0.304. The van der Waals surface area contributed by atoms with E-state index in [4.69, 9.17) is 16.2 Å². The van der Waals surface area contributed by atoms with Crippen LogP contribution in [0.3, 0.4) is 0 Å². The summed E-state index contributed by atoms with van der Waals surface area (Å²) in [6.07, 6.45) is 1.30. The first-order chi connectivity index (χ1) is 8.54. The van der Waals surface area contributed by atoms with Crippen LogP contribution in [0.4, 0.5) is 20.5 Å². The van der Waals surface area contributed by atoms with Gasteiger partial charge in [0.25, 0.3) is 0 Å². The summed E-state index contributed by atoms with van der Waals surface area (Å²) < 4.78 is 31.1. The van der Waals surface area contributed by atoms with E-state index in [9.17, 15) is 8.78 Å². The number of nitrogen functional groups attached to an aromatic ring is 2. The van der Waals surface area contributed by atoms with Crippen molar-refractivity contribution in [1.82, 2.24) is 9.97 Å². The Bertz CT molecular complexity index is 557. The Labute approximate surface area is 101 Å². The number of benzene rings is 1. The molecule has 0 aliphatic heterocycles. The Kier molecular flexibility index (Phi) is 3.22. The summed E-state index contributed by atoms with van der Waals surface area (Å²) in [5, 5.41) is 0. The van der Waals surface area contributed by atoms with E-state index in [1.807, 2.05) is 0 Å². The molecule has 0 aliphatic carbocycles. The van der Waals surface area contributed by atoms with Crippen LogP contribution >= 0.6 is 0 Å². The molecule has 0 saturated carbocycles. The Morgan fingerprint density at radius 3 is 2.39 bits per heavy atom. The van der Waals surface area contributed by atoms with Gasteiger partial charge in [0.2, 0.25) is 5.95 Å². The van der Waals surface area contributed by atoms with Crippen LogP contribution in [0.2, 0.25) is 0 Å². The molecule has 18 heavy (non-hydrogen) atoms. The van der Waals surface area contributed by atoms with Crippen molar-refractivity contribution in [2.45, 2.75) is 6.61 Å². The highest BCUT2D eigenvalue weighted by Crippen LogP contribution is 2.19. The molecule has 1 aromatic heterocycles. The smallest absolute Gasteiger partial charge is 0.222 e. The molecule has 2 rings (SSSR count). The molecular weight excluding hydrogens is 242 g/mol. The summed E-state index contributed by atoms with van der Waals surface area (Å²) in [5.41, 5.74) is 11.2. The summed E-state index contributed by atoms with van der Waals surface area (Å²) in [6, 6.07) is 3.11. The Morgan fingerprint density at radius 2 is 1.78 bits per heavy atom. The third kappa shape index (κ3) is 2.82. The highest BCUT2D eigenvalue weighted by atomic mass is 19.1. The van der Waals surface area contributed by atoms with Crippen LogP contribution in [0, 0.1) is 11.6 Å². The van der Waals surface area contributed by atoms with E-state index in [2.05, 4.69) is 9.97 Å². The quantitative estimate of drug-likeness (QED) is 0.864. The van der Waals surface area contributed by atoms with Crippen molar-refractivity contribution in [2.24, 2.45) is 0 Å². The average Bonchev–Trinajstić information content (AvgIpc) is 2.26. The van der Waals surface area contributed by atoms with Gasteiger partial charge in [-0.05, 0) is 17.7 Å². The molecule has 0 unspecified atom stereocenters. The molecule has 5 nitrogen and oxygen atoms in total. The zero-order valence-electron chi connectivity index (χ0n) is 9.23. The zero-order valence-corrected chi connectivity index (χ0v) is 9.23. The number of hydrogen-bond donors (Lipinski definition) is 2. The van der Waals surface area contributed by atoms with Crippen LogP contribution in [-0.4, -0.2) is 9.97 Å². The molecule has 1 heterocycles. The molecule has 0 fully saturated rings. The summed E-state index contributed by atoms with van der Waals surface area (Å²) >= 11 is 0. The normalized spacial score (nSPS) is 10.3. The van der Waals surface area contributed by atoms with Gasteiger partial charge >= 0.3 is 0 Å². The first-order valence-corrected chi connectivity index (χ1v) is 5.00. The molecule has 7 heteroatoms. The second-order valence-corrected chi connectivity index (χ2v) is 3.54. The van der Waals surface area contributed by atoms with E-state index in [0.29, 0.717) is 5.56 Å². The van der Waals surface area contributed by atoms with Crippen LogP contribution in [0.25, 0.3) is 0 Å². The van der Waals surface area contributed by atoms with Crippen LogP contribution < -0.4 is 16.2 Å². The number of rotatable bonds is 3. The number of nitrogens with two attached hydrogens (primary N) is 2. The molecule has 94 valence electrons. The van der Waals surface area contributed by atoms with Gasteiger partial charge in [-0.2, -0.15) is 4.98 Å². The topological polar surface area (TPSA) is 87.0 Å². The van der Waals surface area contributed by atoms with Crippen molar-refractivity contribution >= 4 is 11.8 Å². The summed E-state index contributed by atoms with van der Waals surface area (Å²) in [6.45, 7) is -0.0494. The largest absolute Gasteiger partial charge is 0.483 e. The Hall–Kier alpha value is -2.44. The average molecular weight is 252 g/mol. The summed E-state index contributed by atoms with van der Waals surface area (Å²) in [7, 11) is 0. The number of anilines is 2. The molecule has 2 aromatic rings. The van der Waals surface area contributed by atoms with Gasteiger partial charge in [0.05, 0.1) is 6.20 Å². The van der Waals surface area contributed by atoms with E-state index in [0.717, 1.165) is 18.2 Å². The number of aromatic nitrogens is 2. The lowest BCUT2D eigenvalue weighted by Gasteiger charge is -2.08. The van der Waals surface area contributed by atoms with Crippen molar-refractivity contribution in [3.63, 3.8) is 0 Å². The van der Waals surface area contributed by atoms with E-state index >= 15 is 0 Å². The van der Waals surface area contributed by atoms with Crippen LogP contribution in [0.15, 0.2) is 24.4 Å². The number of nitrogens with zero attached hydrogens (tertiary/aromatic N) is 2. The molecule has 0 radical (unpaired) electrons. The predicted molar refractivity (Wildman–Crippen MR) is 61.5 cm³/mol. The minimum Gasteiger partial charge on any atom is -0.483 e. The van der Waals surface area contributed by atoms with Gasteiger partial charge in [-0.15, -0.1) is 0 Å². The molecule has 0 amide bonds. The lowest BCUT2D eigenvalue weighted by Crippen LogP contribution is -2.04. The Balaban J connectivity index is 2.11. The number of halogens is 2. The molecule has 0 saturated heterocycles. The van der Waals surface area contributed by atoms with E-state index in [1.165, 1.54) is 6.20 Å². The van der Waals surface area contributed by atoms with Gasteiger partial charge < -0.3 is 16.2 Å². The van der Waals surface area contributed by atoms with Gasteiger partial charge in [-0.1, -0.05) is 0 Å². The predicted octanol–water partition coefficient (Wildman–Crippen LogP) is 1.50. The van der Waals surface area contributed by atoms with E-state index in [-0.39, 0.29) is 24.1 Å². The van der Waals surface area contributed by atoms with Gasteiger partial charge in [0.15, 0.2) is 11.6 Å². The fourth-order valence-corrected chi connectivity index (χ4v) is 1.36. The fourth-order valence-electron chi connectivity index (χ4n) is 1.36. The van der Waals surface area contributed by atoms with Gasteiger partial charge in [0.1, 0.15) is 18.2 Å². The van der Waals surface area contributed by atoms with E-state index < -0.39 is 11.6 Å². The third-order valence-corrected chi connectivity index (χ3v) is 2.12. The maximum Gasteiger partial charge on any atom is 0.222 e. The van der Waals surface area contributed by atoms with Crippen molar-refractivity contribution in [3.05, 3.63) is 41.6 Å². The SMILES string of the molecule is Nc1ncc(OCc2cc(F)cc(F)c2)c(N)n1. The van der Waals surface area contributed by atoms with Crippen LogP contribution in [0.5, 0.6) is 5.75 Å². The number of hydrogen-bond acceptors (Lipinski definition) is 5. The standard InChI is InChI=1S/C11H10F2N4O/c12-7-1-6(2-8(13)3-7)5-18-9-4-16-11(15)17-10(9)14/h1-4H,5H2,(H4,14,15,16,17). The van der Waals surface area contributed by atoms with Gasteiger partial charge in [-0.3, -0.25) is 0 Å². The summed E-state index contributed by atoms with van der Waals surface area (Å²) in [5.74, 6) is -1.05. The molecule has 0 bridgehead atoms. The fraction of sp³-hybridized carbons (Fsp3) is 0.0909. The second-order valence-electron chi connectivity index (χ2n) is 3.54. The first-order valence-electron chi connectivity index (χ1n) is 5.00. The first kappa shape index (κ1) is 12.0. The van der Waals surface area contributed by atoms with Gasteiger partial charge in [0, 0.05) is 6.07 Å². The van der Waals surface area contributed by atoms with Crippen molar-refractivity contribution in [1.29, 1.82) is 0 Å². The van der Waals surface area contributed by atoms with Gasteiger partial charge in [-0.25, -0.2) is 13.8 Å². The molecule has 1 aromatic carbocycles. The molecule has 0 atom stereocenters. The number of ether oxygens (including phenoxy) is 1. The van der Waals surface area contributed by atoms with Crippen molar-refractivity contribution in [2.75, 3.05) is 11.5 Å². The maximum absolute atomic E-state index is 12.9. The monoisotopic (exact) mass is 252 g/mol. The Morgan fingerprint density at radius 1 is 1.11 bits per heavy atom. The minimum atomic E-state index is -0.671. The molecule has 0 aliphatic rings. The molecule has 0 spiro atoms. The molecule has 4 N–H and O–H groups in total. The van der Waals surface area contributed by atoms with Crippen LogP contribution in [-0.2, 0) is 6.61 Å². The van der Waals surface area contributed by atoms with Crippen LogP contribution in [0.1, 0.15) is 5.56 Å². The third-order valence-electron chi connectivity index (χ3n) is 2.12. The highest BCUT2D eigenvalue weighted by molar-refractivity contribution is 5.46. The zero-order chi connectivity index (χ0) is 13.1. The second kappa shape index (κ2) is 4.82. The van der Waals surface area contributed by atoms with E-state index in [1.54, 1.807) is 0 Å². The van der Waals surface area contributed by atoms with Crippen molar-refractivity contribution < 1.29 is 13.5 Å². The minimum absolute atomic E-state index is 0.0247. The summed E-state index contributed by atoms with van der Waals surface area (Å²) in [4.78, 5) is 7.39. The molecular formula is C11H10F2N4O.